The highest BCUT2D eigenvalue weighted by atomic mass is 79.9. The lowest BCUT2D eigenvalue weighted by Crippen LogP contribution is -2.15. The zero-order chi connectivity index (χ0) is 11.5. The van der Waals surface area contributed by atoms with Gasteiger partial charge in [-0.2, -0.15) is 0 Å². The van der Waals surface area contributed by atoms with Gasteiger partial charge in [0.05, 0.1) is 12.1 Å². The van der Waals surface area contributed by atoms with Gasteiger partial charge in [0.1, 0.15) is 10.4 Å². The first-order valence-corrected chi connectivity index (χ1v) is 5.97. The maximum absolute atomic E-state index is 5.81. The number of halogens is 1. The van der Waals surface area contributed by atoms with Crippen molar-refractivity contribution in [3.8, 4) is 0 Å². The summed E-state index contributed by atoms with van der Waals surface area (Å²) in [6.45, 7) is 2.62. The van der Waals surface area contributed by atoms with Crippen LogP contribution in [0.4, 0.5) is 0 Å². The van der Waals surface area contributed by atoms with Gasteiger partial charge in [0.2, 0.25) is 0 Å². The van der Waals surface area contributed by atoms with Gasteiger partial charge in [-0.1, -0.05) is 29.8 Å². The Morgan fingerprint density at radius 3 is 2.56 bits per heavy atom. The average molecular weight is 280 g/mol. The Morgan fingerprint density at radius 1 is 1.38 bits per heavy atom. The van der Waals surface area contributed by atoms with E-state index in [9.17, 15) is 0 Å². The minimum Gasteiger partial charge on any atom is -0.336 e. The van der Waals surface area contributed by atoms with Crippen LogP contribution in [0.15, 0.2) is 35.1 Å². The number of benzene rings is 1. The van der Waals surface area contributed by atoms with Crippen molar-refractivity contribution in [2.24, 2.45) is 5.73 Å². The minimum atomic E-state index is 0.131. The van der Waals surface area contributed by atoms with Crippen LogP contribution < -0.4 is 5.73 Å². The minimum absolute atomic E-state index is 0.131. The normalized spacial score (nSPS) is 12.7. The van der Waals surface area contributed by atoms with E-state index < -0.39 is 0 Å². The maximum atomic E-state index is 5.81. The summed E-state index contributed by atoms with van der Waals surface area (Å²) in [4.78, 5) is 7.47. The summed E-state index contributed by atoms with van der Waals surface area (Å²) in [5.74, 6) is 1.03. The molecule has 2 rings (SSSR count). The molecule has 16 heavy (non-hydrogen) atoms. The second-order valence-electron chi connectivity index (χ2n) is 3.82. The van der Waals surface area contributed by atoms with Gasteiger partial charge in [-0.15, -0.1) is 0 Å². The number of hydrogen-bond donors (Lipinski definition) is 2. The van der Waals surface area contributed by atoms with E-state index in [1.165, 1.54) is 11.1 Å². The Kier molecular flexibility index (Phi) is 3.41. The first kappa shape index (κ1) is 11.4. The zero-order valence-corrected chi connectivity index (χ0v) is 10.7. The van der Waals surface area contributed by atoms with Crippen LogP contribution in [0.5, 0.6) is 0 Å². The van der Waals surface area contributed by atoms with Crippen molar-refractivity contribution in [1.82, 2.24) is 9.97 Å². The van der Waals surface area contributed by atoms with Crippen LogP contribution >= 0.6 is 15.9 Å². The zero-order valence-electron chi connectivity index (χ0n) is 9.07. The quantitative estimate of drug-likeness (QED) is 0.907. The molecule has 0 saturated carbocycles. The molecule has 1 heterocycles. The number of nitrogens with two attached hydrogens (primary N) is 1. The standard InChI is InChI=1S/C12H14BrN3/c1-8-2-4-9(5-3-8)10(6-14)12-15-7-11(13)16-12/h2-5,7,10H,6,14H2,1H3,(H,15,16). The molecule has 0 aliphatic carbocycles. The second kappa shape index (κ2) is 4.80. The third-order valence-corrected chi connectivity index (χ3v) is 3.01. The molecule has 3 N–H and O–H groups in total. The number of nitrogens with zero attached hydrogens (tertiary/aromatic N) is 1. The molecule has 84 valence electrons. The maximum Gasteiger partial charge on any atom is 0.115 e. The summed E-state index contributed by atoms with van der Waals surface area (Å²) in [7, 11) is 0. The highest BCUT2D eigenvalue weighted by molar-refractivity contribution is 9.10. The number of hydrogen-bond acceptors (Lipinski definition) is 2. The first-order chi connectivity index (χ1) is 7.70. The van der Waals surface area contributed by atoms with E-state index >= 15 is 0 Å². The fourth-order valence-electron chi connectivity index (χ4n) is 1.69. The highest BCUT2D eigenvalue weighted by Crippen LogP contribution is 2.22. The average Bonchev–Trinajstić information content (AvgIpc) is 2.69. The van der Waals surface area contributed by atoms with Crippen molar-refractivity contribution in [2.75, 3.05) is 6.54 Å². The summed E-state index contributed by atoms with van der Waals surface area (Å²) in [5, 5.41) is 0. The summed E-state index contributed by atoms with van der Waals surface area (Å²) < 4.78 is 0.882. The molecular weight excluding hydrogens is 266 g/mol. The summed E-state index contributed by atoms with van der Waals surface area (Å²) in [6, 6.07) is 8.39. The number of aryl methyl sites for hydroxylation is 1. The topological polar surface area (TPSA) is 54.7 Å². The largest absolute Gasteiger partial charge is 0.336 e. The third kappa shape index (κ3) is 2.33. The molecule has 0 amide bonds. The van der Waals surface area contributed by atoms with Gasteiger partial charge in [-0.3, -0.25) is 0 Å². The predicted molar refractivity (Wildman–Crippen MR) is 68.4 cm³/mol. The molecule has 1 aromatic heterocycles. The lowest BCUT2D eigenvalue weighted by atomic mass is 9.98. The molecule has 1 aromatic carbocycles. The van der Waals surface area contributed by atoms with Crippen molar-refractivity contribution >= 4 is 15.9 Å². The third-order valence-electron chi connectivity index (χ3n) is 2.61. The van der Waals surface area contributed by atoms with Gasteiger partial charge >= 0.3 is 0 Å². The lowest BCUT2D eigenvalue weighted by molar-refractivity contribution is 0.763. The molecule has 1 atom stereocenters. The molecule has 4 heteroatoms. The summed E-state index contributed by atoms with van der Waals surface area (Å²) in [5.41, 5.74) is 8.25. The molecule has 0 fully saturated rings. The van der Waals surface area contributed by atoms with Gasteiger partial charge in [-0.05, 0) is 28.4 Å². The van der Waals surface area contributed by atoms with Crippen molar-refractivity contribution in [3.05, 3.63) is 52.0 Å². The predicted octanol–water partition coefficient (Wildman–Crippen LogP) is 2.57. The molecule has 3 nitrogen and oxygen atoms in total. The van der Waals surface area contributed by atoms with Gasteiger partial charge in [-0.25, -0.2) is 4.98 Å². The van der Waals surface area contributed by atoms with E-state index in [1.54, 1.807) is 6.20 Å². The Labute approximate surface area is 103 Å². The SMILES string of the molecule is Cc1ccc(C(CN)c2ncc(Br)[nH]2)cc1. The summed E-state index contributed by atoms with van der Waals surface area (Å²) in [6.07, 6.45) is 1.76. The fourth-order valence-corrected chi connectivity index (χ4v) is 2.00. The highest BCUT2D eigenvalue weighted by Gasteiger charge is 2.15. The van der Waals surface area contributed by atoms with E-state index in [-0.39, 0.29) is 5.92 Å². The second-order valence-corrected chi connectivity index (χ2v) is 4.67. The van der Waals surface area contributed by atoms with E-state index in [2.05, 4.69) is 57.1 Å². The van der Waals surface area contributed by atoms with Crippen LogP contribution in [0.3, 0.4) is 0 Å². The van der Waals surface area contributed by atoms with E-state index in [1.807, 2.05) is 0 Å². The molecule has 0 saturated heterocycles. The van der Waals surface area contributed by atoms with Crippen molar-refractivity contribution < 1.29 is 0 Å². The number of imidazole rings is 1. The van der Waals surface area contributed by atoms with Crippen molar-refractivity contribution in [2.45, 2.75) is 12.8 Å². The molecular formula is C12H14BrN3. The van der Waals surface area contributed by atoms with Crippen molar-refractivity contribution in [1.29, 1.82) is 0 Å². The molecule has 0 aliphatic heterocycles. The van der Waals surface area contributed by atoms with Gasteiger partial charge in [0.15, 0.2) is 0 Å². The van der Waals surface area contributed by atoms with E-state index in [0.717, 1.165) is 10.4 Å². The molecule has 0 aliphatic rings. The smallest absolute Gasteiger partial charge is 0.115 e. The van der Waals surface area contributed by atoms with E-state index in [4.69, 9.17) is 5.73 Å². The molecule has 0 radical (unpaired) electrons. The molecule has 2 aromatic rings. The van der Waals surface area contributed by atoms with Crippen LogP contribution in [-0.2, 0) is 0 Å². The lowest BCUT2D eigenvalue weighted by Gasteiger charge is -2.12. The first-order valence-electron chi connectivity index (χ1n) is 5.17. The van der Waals surface area contributed by atoms with Crippen LogP contribution in [0.1, 0.15) is 22.9 Å². The Balaban J connectivity index is 2.32. The van der Waals surface area contributed by atoms with Gasteiger partial charge in [0, 0.05) is 6.54 Å². The van der Waals surface area contributed by atoms with Gasteiger partial charge in [0.25, 0.3) is 0 Å². The van der Waals surface area contributed by atoms with Crippen LogP contribution in [0.2, 0.25) is 0 Å². The number of aromatic nitrogens is 2. The van der Waals surface area contributed by atoms with Crippen LogP contribution in [-0.4, -0.2) is 16.5 Å². The van der Waals surface area contributed by atoms with E-state index in [0.29, 0.717) is 6.54 Å². The molecule has 1 unspecified atom stereocenters. The van der Waals surface area contributed by atoms with Crippen LogP contribution in [0, 0.1) is 6.92 Å². The van der Waals surface area contributed by atoms with Crippen LogP contribution in [0.25, 0.3) is 0 Å². The molecule has 0 bridgehead atoms. The summed E-state index contributed by atoms with van der Waals surface area (Å²) >= 11 is 3.35. The number of rotatable bonds is 3. The fraction of sp³-hybridized carbons (Fsp3) is 0.250. The monoisotopic (exact) mass is 279 g/mol. The van der Waals surface area contributed by atoms with Gasteiger partial charge < -0.3 is 10.7 Å². The number of aromatic amines is 1. The van der Waals surface area contributed by atoms with Crippen molar-refractivity contribution in [3.63, 3.8) is 0 Å². The Bertz CT molecular complexity index is 461. The Morgan fingerprint density at radius 2 is 2.06 bits per heavy atom. The Hall–Kier alpha value is -1.13. The number of nitrogens with one attached hydrogen (secondary N) is 1. The number of H-pyrrole nitrogens is 1. The molecule has 0 spiro atoms.